The van der Waals surface area contributed by atoms with Gasteiger partial charge in [0.15, 0.2) is 0 Å². The zero-order valence-electron chi connectivity index (χ0n) is 13.7. The van der Waals surface area contributed by atoms with Crippen LogP contribution in [0.3, 0.4) is 0 Å². The van der Waals surface area contributed by atoms with Crippen LogP contribution in [-0.4, -0.2) is 76.4 Å². The second kappa shape index (κ2) is 8.20. The summed E-state index contributed by atoms with van der Waals surface area (Å²) in [5.74, 6) is -0.189. The minimum Gasteiger partial charge on any atom is -0.374 e. The van der Waals surface area contributed by atoms with Gasteiger partial charge in [-0.1, -0.05) is 0 Å². The van der Waals surface area contributed by atoms with E-state index in [9.17, 15) is 9.59 Å². The molecule has 1 aromatic heterocycles. The topological polar surface area (TPSA) is 101 Å². The molecule has 9 nitrogen and oxygen atoms in total. The molecule has 132 valence electrons. The van der Waals surface area contributed by atoms with Crippen molar-refractivity contribution in [2.45, 2.75) is 38.0 Å². The van der Waals surface area contributed by atoms with Crippen LogP contribution in [0.1, 0.15) is 19.3 Å². The van der Waals surface area contributed by atoms with Gasteiger partial charge in [0, 0.05) is 19.6 Å². The highest BCUT2D eigenvalue weighted by Gasteiger charge is 2.26. The average molecular weight is 336 g/mol. The van der Waals surface area contributed by atoms with Crippen molar-refractivity contribution in [3.63, 3.8) is 0 Å². The number of rotatable bonds is 5. The van der Waals surface area contributed by atoms with Crippen LogP contribution >= 0.6 is 0 Å². The normalized spacial score (nSPS) is 25.8. The van der Waals surface area contributed by atoms with E-state index < -0.39 is 6.04 Å². The van der Waals surface area contributed by atoms with E-state index in [-0.39, 0.29) is 24.5 Å². The molecule has 0 aromatic carbocycles. The van der Waals surface area contributed by atoms with Crippen molar-refractivity contribution in [2.24, 2.45) is 0 Å². The predicted octanol–water partition coefficient (Wildman–Crippen LogP) is -1.24. The minimum atomic E-state index is -0.410. The molecular formula is C15H24N6O3. The Bertz CT molecular complexity index is 549. The maximum Gasteiger partial charge on any atom is 0.242 e. The molecule has 0 spiro atoms. The first kappa shape index (κ1) is 16.8. The SMILES string of the molecule is O=C(CN1CCO[C@@H](Cn2cncn2)C1)N[C@H]1CCCCNC1=O. The van der Waals surface area contributed by atoms with Gasteiger partial charge in [-0.15, -0.1) is 0 Å². The maximum absolute atomic E-state index is 12.3. The predicted molar refractivity (Wildman–Crippen MR) is 85.0 cm³/mol. The molecule has 0 saturated carbocycles. The van der Waals surface area contributed by atoms with E-state index in [0.29, 0.717) is 39.2 Å². The van der Waals surface area contributed by atoms with Crippen LogP contribution in [0.15, 0.2) is 12.7 Å². The molecular weight excluding hydrogens is 312 g/mol. The van der Waals surface area contributed by atoms with E-state index in [4.69, 9.17) is 4.74 Å². The van der Waals surface area contributed by atoms with E-state index in [1.165, 1.54) is 6.33 Å². The minimum absolute atomic E-state index is 0.0190. The van der Waals surface area contributed by atoms with E-state index in [1.54, 1.807) is 11.0 Å². The first-order valence-corrected chi connectivity index (χ1v) is 8.44. The number of aromatic nitrogens is 3. The Balaban J connectivity index is 1.45. The molecule has 2 fully saturated rings. The lowest BCUT2D eigenvalue weighted by molar-refractivity contribution is -0.130. The molecule has 3 rings (SSSR count). The summed E-state index contributed by atoms with van der Waals surface area (Å²) in [6.07, 6.45) is 5.74. The molecule has 0 unspecified atom stereocenters. The van der Waals surface area contributed by atoms with Gasteiger partial charge in [-0.25, -0.2) is 4.98 Å². The molecule has 1 aromatic rings. The zero-order chi connectivity index (χ0) is 16.8. The van der Waals surface area contributed by atoms with Crippen molar-refractivity contribution < 1.29 is 14.3 Å². The van der Waals surface area contributed by atoms with Gasteiger partial charge in [0.1, 0.15) is 18.7 Å². The lowest BCUT2D eigenvalue weighted by Crippen LogP contribution is -2.51. The van der Waals surface area contributed by atoms with Gasteiger partial charge in [-0.05, 0) is 19.3 Å². The number of nitrogens with one attached hydrogen (secondary N) is 2. The Morgan fingerprint density at radius 1 is 1.46 bits per heavy atom. The maximum atomic E-state index is 12.3. The van der Waals surface area contributed by atoms with Crippen molar-refractivity contribution in [2.75, 3.05) is 32.8 Å². The summed E-state index contributed by atoms with van der Waals surface area (Å²) in [6.45, 7) is 3.53. The highest BCUT2D eigenvalue weighted by molar-refractivity contribution is 5.88. The first-order valence-electron chi connectivity index (χ1n) is 8.44. The number of hydrogen-bond acceptors (Lipinski definition) is 6. The molecule has 2 aliphatic rings. The van der Waals surface area contributed by atoms with Gasteiger partial charge in [-0.3, -0.25) is 19.2 Å². The van der Waals surface area contributed by atoms with Gasteiger partial charge in [-0.2, -0.15) is 5.10 Å². The molecule has 2 N–H and O–H groups in total. The molecule has 2 aliphatic heterocycles. The standard InChI is InChI=1S/C15H24N6O3/c22-14(19-13-3-1-2-4-17-15(13)23)9-20-5-6-24-12(7-20)8-21-11-16-10-18-21/h10-13H,1-9H2,(H,17,23)(H,19,22)/t12-,13+/m1/s1. The lowest BCUT2D eigenvalue weighted by atomic mass is 10.1. The number of ether oxygens (including phenoxy) is 1. The molecule has 2 amide bonds. The fourth-order valence-electron chi connectivity index (χ4n) is 3.09. The number of carbonyl (C=O) groups excluding carboxylic acids is 2. The Morgan fingerprint density at radius 2 is 2.38 bits per heavy atom. The van der Waals surface area contributed by atoms with Crippen molar-refractivity contribution >= 4 is 11.8 Å². The van der Waals surface area contributed by atoms with Gasteiger partial charge in [0.05, 0.1) is 25.8 Å². The Hall–Kier alpha value is -2.00. The molecule has 9 heteroatoms. The lowest BCUT2D eigenvalue weighted by Gasteiger charge is -2.32. The summed E-state index contributed by atoms with van der Waals surface area (Å²) in [5.41, 5.74) is 0. The third-order valence-electron chi connectivity index (χ3n) is 4.32. The van der Waals surface area contributed by atoms with Crippen LogP contribution in [0.25, 0.3) is 0 Å². The van der Waals surface area contributed by atoms with Crippen LogP contribution in [0.4, 0.5) is 0 Å². The number of nitrogens with zero attached hydrogens (tertiary/aromatic N) is 4. The molecule has 0 bridgehead atoms. The van der Waals surface area contributed by atoms with Gasteiger partial charge < -0.3 is 15.4 Å². The fourth-order valence-corrected chi connectivity index (χ4v) is 3.09. The monoisotopic (exact) mass is 336 g/mol. The molecule has 24 heavy (non-hydrogen) atoms. The third kappa shape index (κ3) is 4.75. The van der Waals surface area contributed by atoms with Crippen LogP contribution < -0.4 is 10.6 Å². The van der Waals surface area contributed by atoms with Gasteiger partial charge in [0.25, 0.3) is 0 Å². The molecule has 0 radical (unpaired) electrons. The third-order valence-corrected chi connectivity index (χ3v) is 4.32. The van der Waals surface area contributed by atoms with Crippen molar-refractivity contribution in [3.05, 3.63) is 12.7 Å². The number of amides is 2. The molecule has 3 heterocycles. The largest absolute Gasteiger partial charge is 0.374 e. The van der Waals surface area contributed by atoms with E-state index in [0.717, 1.165) is 12.8 Å². The van der Waals surface area contributed by atoms with Gasteiger partial charge >= 0.3 is 0 Å². The highest BCUT2D eigenvalue weighted by atomic mass is 16.5. The second-order valence-electron chi connectivity index (χ2n) is 6.25. The Kier molecular flexibility index (Phi) is 5.76. The van der Waals surface area contributed by atoms with Crippen LogP contribution in [0, 0.1) is 0 Å². The van der Waals surface area contributed by atoms with E-state index >= 15 is 0 Å². The fraction of sp³-hybridized carbons (Fsp3) is 0.733. The summed E-state index contributed by atoms with van der Waals surface area (Å²) in [6, 6.07) is -0.410. The summed E-state index contributed by atoms with van der Waals surface area (Å²) < 4.78 is 7.45. The smallest absolute Gasteiger partial charge is 0.242 e. The quantitative estimate of drug-likeness (QED) is 0.698. The summed E-state index contributed by atoms with van der Waals surface area (Å²) >= 11 is 0. The van der Waals surface area contributed by atoms with Crippen LogP contribution in [0.5, 0.6) is 0 Å². The Morgan fingerprint density at radius 3 is 3.21 bits per heavy atom. The number of carbonyl (C=O) groups is 2. The molecule has 2 saturated heterocycles. The van der Waals surface area contributed by atoms with Crippen LogP contribution in [-0.2, 0) is 20.9 Å². The summed E-state index contributed by atoms with van der Waals surface area (Å²) in [4.78, 5) is 30.1. The summed E-state index contributed by atoms with van der Waals surface area (Å²) in [7, 11) is 0. The highest BCUT2D eigenvalue weighted by Crippen LogP contribution is 2.08. The van der Waals surface area contributed by atoms with Crippen molar-refractivity contribution in [1.82, 2.24) is 30.3 Å². The molecule has 2 atom stereocenters. The second-order valence-corrected chi connectivity index (χ2v) is 6.25. The number of hydrogen-bond donors (Lipinski definition) is 2. The van der Waals surface area contributed by atoms with Crippen molar-refractivity contribution in [1.29, 1.82) is 0 Å². The van der Waals surface area contributed by atoms with Gasteiger partial charge in [0.2, 0.25) is 11.8 Å². The Labute approximate surface area is 140 Å². The average Bonchev–Trinajstić information content (AvgIpc) is 2.98. The number of morpholine rings is 1. The van der Waals surface area contributed by atoms with Crippen molar-refractivity contribution in [3.8, 4) is 0 Å². The molecule has 0 aliphatic carbocycles. The van der Waals surface area contributed by atoms with E-state index in [1.807, 2.05) is 0 Å². The zero-order valence-corrected chi connectivity index (χ0v) is 13.7. The van der Waals surface area contributed by atoms with E-state index in [2.05, 4.69) is 25.6 Å². The first-order chi connectivity index (χ1) is 11.7. The summed E-state index contributed by atoms with van der Waals surface area (Å²) in [5, 5.41) is 9.76. The van der Waals surface area contributed by atoms with Crippen LogP contribution in [0.2, 0.25) is 0 Å².